The Balaban J connectivity index is 0.00000288. The fraction of sp³-hybridized carbons (Fsp3) is 0.625. The fourth-order valence-electron chi connectivity index (χ4n) is 2.87. The third-order valence-corrected chi connectivity index (χ3v) is 5.88. The van der Waals surface area contributed by atoms with Crippen molar-refractivity contribution in [3.05, 3.63) is 35.9 Å². The van der Waals surface area contributed by atoms with Crippen molar-refractivity contribution in [3.8, 4) is 0 Å². The molecule has 0 spiro atoms. The molecule has 8 heteroatoms. The molecule has 1 saturated heterocycles. The van der Waals surface area contributed by atoms with Gasteiger partial charge in [0.25, 0.3) is 10.2 Å². The number of rotatable bonds is 7. The number of nitrogens with two attached hydrogens (primary N) is 1. The number of morpholine rings is 1. The van der Waals surface area contributed by atoms with Gasteiger partial charge in [-0.3, -0.25) is 0 Å². The zero-order valence-corrected chi connectivity index (χ0v) is 15.9. The minimum absolute atomic E-state index is 0. The summed E-state index contributed by atoms with van der Waals surface area (Å²) in [5, 5.41) is 0. The Morgan fingerprint density at radius 1 is 1.17 bits per heavy atom. The average molecular weight is 378 g/mol. The molecule has 1 fully saturated rings. The van der Waals surface area contributed by atoms with E-state index in [1.807, 2.05) is 44.2 Å². The van der Waals surface area contributed by atoms with Crippen LogP contribution >= 0.6 is 12.4 Å². The summed E-state index contributed by atoms with van der Waals surface area (Å²) in [5.74, 6) is 0. The molecule has 6 nitrogen and oxygen atoms in total. The van der Waals surface area contributed by atoms with E-state index < -0.39 is 10.2 Å². The molecule has 1 aromatic carbocycles. The van der Waals surface area contributed by atoms with E-state index >= 15 is 0 Å². The van der Waals surface area contributed by atoms with Gasteiger partial charge in [-0.05, 0) is 25.8 Å². The third kappa shape index (κ3) is 5.68. The van der Waals surface area contributed by atoms with Crippen molar-refractivity contribution in [3.63, 3.8) is 0 Å². The van der Waals surface area contributed by atoms with Crippen LogP contribution in [0.3, 0.4) is 0 Å². The first kappa shape index (κ1) is 21.3. The van der Waals surface area contributed by atoms with Gasteiger partial charge in [0.1, 0.15) is 0 Å². The smallest absolute Gasteiger partial charge is 0.282 e. The lowest BCUT2D eigenvalue weighted by molar-refractivity contribution is -0.0454. The highest BCUT2D eigenvalue weighted by Crippen LogP contribution is 2.17. The predicted octanol–water partition coefficient (Wildman–Crippen LogP) is 1.27. The van der Waals surface area contributed by atoms with Crippen molar-refractivity contribution in [2.45, 2.75) is 32.5 Å². The molecule has 2 rings (SSSR count). The first-order valence-corrected chi connectivity index (χ1v) is 9.48. The Morgan fingerprint density at radius 3 is 2.29 bits per heavy atom. The number of halogens is 1. The SMILES string of the molecule is CC1CN(S(=O)(=O)N(CCN)CCc2ccccc2)CC(C)O1.Cl. The number of hydrogen-bond acceptors (Lipinski definition) is 4. The van der Waals surface area contributed by atoms with E-state index in [1.54, 1.807) is 0 Å². The molecule has 0 amide bonds. The Kier molecular flexibility index (Phi) is 8.62. The summed E-state index contributed by atoms with van der Waals surface area (Å²) in [7, 11) is -3.52. The average Bonchev–Trinajstić information content (AvgIpc) is 2.51. The van der Waals surface area contributed by atoms with Crippen LogP contribution in [-0.2, 0) is 21.4 Å². The maximum absolute atomic E-state index is 12.9. The van der Waals surface area contributed by atoms with Crippen LogP contribution in [0, 0.1) is 0 Å². The van der Waals surface area contributed by atoms with E-state index in [4.69, 9.17) is 10.5 Å². The lowest BCUT2D eigenvalue weighted by atomic mass is 10.1. The van der Waals surface area contributed by atoms with Gasteiger partial charge in [-0.15, -0.1) is 12.4 Å². The maximum atomic E-state index is 12.9. The first-order valence-electron chi connectivity index (χ1n) is 8.08. The van der Waals surface area contributed by atoms with E-state index in [9.17, 15) is 8.42 Å². The van der Waals surface area contributed by atoms with Crippen molar-refractivity contribution >= 4 is 22.6 Å². The van der Waals surface area contributed by atoms with Gasteiger partial charge < -0.3 is 10.5 Å². The first-order chi connectivity index (χ1) is 10.9. The van der Waals surface area contributed by atoms with Gasteiger partial charge in [-0.1, -0.05) is 30.3 Å². The Labute approximate surface area is 151 Å². The molecule has 1 aliphatic heterocycles. The van der Waals surface area contributed by atoms with Crippen LogP contribution in [0.5, 0.6) is 0 Å². The highest BCUT2D eigenvalue weighted by atomic mass is 35.5. The van der Waals surface area contributed by atoms with Gasteiger partial charge in [0.15, 0.2) is 0 Å². The highest BCUT2D eigenvalue weighted by molar-refractivity contribution is 7.86. The zero-order chi connectivity index (χ0) is 16.9. The number of hydrogen-bond donors (Lipinski definition) is 1. The highest BCUT2D eigenvalue weighted by Gasteiger charge is 2.34. The molecule has 1 heterocycles. The lowest BCUT2D eigenvalue weighted by Crippen LogP contribution is -2.54. The van der Waals surface area contributed by atoms with E-state index in [-0.39, 0.29) is 24.6 Å². The molecule has 0 saturated carbocycles. The number of nitrogens with zero attached hydrogens (tertiary/aromatic N) is 2. The van der Waals surface area contributed by atoms with Crippen LogP contribution < -0.4 is 5.73 Å². The standard InChI is InChI=1S/C16H27N3O3S.ClH/c1-14-12-19(13-15(2)22-14)23(20,21)18(11-9-17)10-8-16-6-4-3-5-7-16;/h3-7,14-15H,8-13,17H2,1-2H3;1H. The Bertz CT molecular complexity index is 575. The minimum Gasteiger partial charge on any atom is -0.373 e. The maximum Gasteiger partial charge on any atom is 0.282 e. The van der Waals surface area contributed by atoms with Crippen molar-refractivity contribution in [1.29, 1.82) is 0 Å². The lowest BCUT2D eigenvalue weighted by Gasteiger charge is -2.37. The van der Waals surface area contributed by atoms with Crippen LogP contribution in [0.25, 0.3) is 0 Å². The van der Waals surface area contributed by atoms with Crippen molar-refractivity contribution in [2.75, 3.05) is 32.7 Å². The molecule has 0 radical (unpaired) electrons. The molecule has 24 heavy (non-hydrogen) atoms. The van der Waals surface area contributed by atoms with Gasteiger partial charge in [-0.2, -0.15) is 17.0 Å². The predicted molar refractivity (Wildman–Crippen MR) is 98.5 cm³/mol. The second kappa shape index (κ2) is 9.70. The largest absolute Gasteiger partial charge is 0.373 e. The second-order valence-electron chi connectivity index (χ2n) is 6.01. The Hall–Kier alpha value is -0.700. The topological polar surface area (TPSA) is 75.9 Å². The van der Waals surface area contributed by atoms with Crippen LogP contribution in [0.1, 0.15) is 19.4 Å². The summed E-state index contributed by atoms with van der Waals surface area (Å²) in [6, 6.07) is 9.89. The summed E-state index contributed by atoms with van der Waals surface area (Å²) < 4.78 is 34.5. The summed E-state index contributed by atoms with van der Waals surface area (Å²) in [6.07, 6.45) is 0.486. The van der Waals surface area contributed by atoms with Gasteiger partial charge in [0, 0.05) is 32.7 Å². The third-order valence-electron chi connectivity index (χ3n) is 3.91. The van der Waals surface area contributed by atoms with E-state index in [0.29, 0.717) is 39.1 Å². The second-order valence-corrected chi connectivity index (χ2v) is 7.93. The van der Waals surface area contributed by atoms with Gasteiger partial charge in [0.05, 0.1) is 12.2 Å². The van der Waals surface area contributed by atoms with Crippen molar-refractivity contribution in [2.24, 2.45) is 5.73 Å². The molecule has 1 aromatic rings. The van der Waals surface area contributed by atoms with Gasteiger partial charge >= 0.3 is 0 Å². The molecule has 0 aliphatic carbocycles. The van der Waals surface area contributed by atoms with Crippen LogP contribution in [0.15, 0.2) is 30.3 Å². The van der Waals surface area contributed by atoms with Crippen LogP contribution in [-0.4, -0.2) is 62.0 Å². The summed E-state index contributed by atoms with van der Waals surface area (Å²) >= 11 is 0. The van der Waals surface area contributed by atoms with E-state index in [2.05, 4.69) is 0 Å². The molecule has 1 aliphatic rings. The molecular formula is C16H28ClN3O3S. The van der Waals surface area contributed by atoms with E-state index in [0.717, 1.165) is 5.56 Å². The number of benzene rings is 1. The minimum atomic E-state index is -3.52. The molecule has 0 bridgehead atoms. The molecule has 2 atom stereocenters. The zero-order valence-electron chi connectivity index (χ0n) is 14.3. The fourth-order valence-corrected chi connectivity index (χ4v) is 4.65. The summed E-state index contributed by atoms with van der Waals surface area (Å²) in [4.78, 5) is 0. The number of ether oxygens (including phenoxy) is 1. The Morgan fingerprint density at radius 2 is 1.75 bits per heavy atom. The molecule has 2 N–H and O–H groups in total. The van der Waals surface area contributed by atoms with Gasteiger partial charge in [-0.25, -0.2) is 0 Å². The molecular weight excluding hydrogens is 350 g/mol. The van der Waals surface area contributed by atoms with Gasteiger partial charge in [0.2, 0.25) is 0 Å². The van der Waals surface area contributed by atoms with Crippen molar-refractivity contribution in [1.82, 2.24) is 8.61 Å². The van der Waals surface area contributed by atoms with Crippen molar-refractivity contribution < 1.29 is 13.2 Å². The van der Waals surface area contributed by atoms with E-state index in [1.165, 1.54) is 8.61 Å². The monoisotopic (exact) mass is 377 g/mol. The normalized spacial score (nSPS) is 22.3. The van der Waals surface area contributed by atoms with Crippen LogP contribution in [0.4, 0.5) is 0 Å². The molecule has 0 aromatic heterocycles. The summed E-state index contributed by atoms with van der Waals surface area (Å²) in [6.45, 7) is 5.64. The van der Waals surface area contributed by atoms with Crippen LogP contribution in [0.2, 0.25) is 0 Å². The quantitative estimate of drug-likeness (QED) is 0.776. The molecule has 138 valence electrons. The summed E-state index contributed by atoms with van der Waals surface area (Å²) in [5.41, 5.74) is 6.75. The molecule has 2 unspecified atom stereocenters.